The number of hydrogen-bond acceptors (Lipinski definition) is 4. The molecule has 0 spiro atoms. The molecule has 2 heterocycles. The number of likely N-dealkylation sites (N-methyl/N-ethyl adjacent to an activating group) is 1. The number of aromatic nitrogens is 1. The topological polar surface area (TPSA) is 42.4 Å². The summed E-state index contributed by atoms with van der Waals surface area (Å²) < 4.78 is 5.17. The lowest BCUT2D eigenvalue weighted by molar-refractivity contribution is 0.0798. The van der Waals surface area contributed by atoms with Gasteiger partial charge in [-0.3, -0.25) is 9.78 Å². The van der Waals surface area contributed by atoms with Gasteiger partial charge in [0.1, 0.15) is 10.6 Å². The molecular formula is C14H16N2O2S. The average Bonchev–Trinajstić information content (AvgIpc) is 2.93. The van der Waals surface area contributed by atoms with Gasteiger partial charge in [-0.05, 0) is 35.6 Å². The second-order valence-corrected chi connectivity index (χ2v) is 5.07. The predicted molar refractivity (Wildman–Crippen MR) is 75.8 cm³/mol. The number of ether oxygens (including phenoxy) is 1. The Balaban J connectivity index is 1.96. The van der Waals surface area contributed by atoms with Crippen LogP contribution >= 0.6 is 11.3 Å². The number of nitrogens with zero attached hydrogens (tertiary/aromatic N) is 2. The first kappa shape index (κ1) is 13.5. The van der Waals surface area contributed by atoms with Crippen molar-refractivity contribution < 1.29 is 9.53 Å². The lowest BCUT2D eigenvalue weighted by atomic mass is 10.2. The number of pyridine rings is 1. The van der Waals surface area contributed by atoms with E-state index in [1.165, 1.54) is 16.9 Å². The van der Waals surface area contributed by atoms with Gasteiger partial charge in [-0.15, -0.1) is 11.3 Å². The highest BCUT2D eigenvalue weighted by Gasteiger charge is 2.17. The molecule has 0 N–H and O–H groups in total. The summed E-state index contributed by atoms with van der Waals surface area (Å²) in [4.78, 5) is 18.6. The van der Waals surface area contributed by atoms with Gasteiger partial charge < -0.3 is 9.64 Å². The molecule has 0 aliphatic rings. The molecule has 19 heavy (non-hydrogen) atoms. The number of carbonyl (C=O) groups excluding carboxylic acids is 1. The summed E-state index contributed by atoms with van der Waals surface area (Å²) in [7, 11) is 3.39. The van der Waals surface area contributed by atoms with Gasteiger partial charge in [-0.2, -0.15) is 0 Å². The molecule has 100 valence electrons. The largest absolute Gasteiger partial charge is 0.495 e. The zero-order chi connectivity index (χ0) is 13.7. The molecule has 0 aliphatic carbocycles. The quantitative estimate of drug-likeness (QED) is 0.842. The standard InChI is InChI=1S/C14H16N2O2S/c1-16(9-5-11-3-7-15-8-4-11)14(17)13-12(18-2)6-10-19-13/h3-4,6-8,10H,5,9H2,1-2H3. The molecule has 4 nitrogen and oxygen atoms in total. The number of thiophene rings is 1. The summed E-state index contributed by atoms with van der Waals surface area (Å²) in [5.41, 5.74) is 1.17. The van der Waals surface area contributed by atoms with Crippen molar-refractivity contribution in [2.45, 2.75) is 6.42 Å². The Morgan fingerprint density at radius 1 is 1.37 bits per heavy atom. The Hall–Kier alpha value is -1.88. The molecule has 0 atom stereocenters. The molecule has 0 saturated heterocycles. The zero-order valence-corrected chi connectivity index (χ0v) is 11.8. The highest BCUT2D eigenvalue weighted by molar-refractivity contribution is 7.12. The lowest BCUT2D eigenvalue weighted by Gasteiger charge is -2.16. The van der Waals surface area contributed by atoms with Crippen molar-refractivity contribution in [3.05, 3.63) is 46.4 Å². The molecule has 2 aromatic rings. The highest BCUT2D eigenvalue weighted by Crippen LogP contribution is 2.25. The van der Waals surface area contributed by atoms with Crippen molar-refractivity contribution in [2.24, 2.45) is 0 Å². The number of methoxy groups -OCH3 is 1. The third kappa shape index (κ3) is 3.32. The minimum atomic E-state index is 0.000839. The summed E-state index contributed by atoms with van der Waals surface area (Å²) in [5.74, 6) is 0.645. The monoisotopic (exact) mass is 276 g/mol. The first-order valence-electron chi connectivity index (χ1n) is 5.98. The van der Waals surface area contributed by atoms with Gasteiger partial charge >= 0.3 is 0 Å². The molecule has 1 amide bonds. The van der Waals surface area contributed by atoms with Crippen molar-refractivity contribution in [3.63, 3.8) is 0 Å². The molecule has 0 bridgehead atoms. The highest BCUT2D eigenvalue weighted by atomic mass is 32.1. The third-order valence-corrected chi connectivity index (χ3v) is 3.76. The SMILES string of the molecule is COc1ccsc1C(=O)N(C)CCc1ccncc1. The number of amides is 1. The first-order chi connectivity index (χ1) is 9.22. The van der Waals surface area contributed by atoms with Crippen LogP contribution in [-0.2, 0) is 6.42 Å². The molecule has 0 aliphatic heterocycles. The molecule has 0 radical (unpaired) electrons. The van der Waals surface area contributed by atoms with E-state index in [2.05, 4.69) is 4.98 Å². The molecule has 0 aromatic carbocycles. The van der Waals surface area contributed by atoms with Crippen molar-refractivity contribution in [1.29, 1.82) is 0 Å². The summed E-state index contributed by atoms with van der Waals surface area (Å²) >= 11 is 1.41. The van der Waals surface area contributed by atoms with Crippen LogP contribution < -0.4 is 4.74 Å². The fraction of sp³-hybridized carbons (Fsp3) is 0.286. The van der Waals surface area contributed by atoms with E-state index in [0.29, 0.717) is 17.2 Å². The Morgan fingerprint density at radius 2 is 2.11 bits per heavy atom. The summed E-state index contributed by atoms with van der Waals surface area (Å²) in [6, 6.07) is 5.74. The minimum absolute atomic E-state index is 0.000839. The number of hydrogen-bond donors (Lipinski definition) is 0. The van der Waals surface area contributed by atoms with Gasteiger partial charge in [0.25, 0.3) is 5.91 Å². The zero-order valence-electron chi connectivity index (χ0n) is 11.0. The maximum absolute atomic E-state index is 12.3. The Morgan fingerprint density at radius 3 is 2.79 bits per heavy atom. The molecule has 0 fully saturated rings. The van der Waals surface area contributed by atoms with Gasteiger partial charge in [0, 0.05) is 26.0 Å². The van der Waals surface area contributed by atoms with E-state index < -0.39 is 0 Å². The summed E-state index contributed by atoms with van der Waals surface area (Å²) in [6.07, 6.45) is 4.34. The van der Waals surface area contributed by atoms with Crippen LogP contribution in [0.25, 0.3) is 0 Å². The van der Waals surface area contributed by atoms with E-state index in [1.807, 2.05) is 30.6 Å². The van der Waals surface area contributed by atoms with E-state index in [1.54, 1.807) is 24.4 Å². The third-order valence-electron chi connectivity index (χ3n) is 2.88. The van der Waals surface area contributed by atoms with Crippen molar-refractivity contribution in [2.75, 3.05) is 20.7 Å². The molecule has 2 aromatic heterocycles. The van der Waals surface area contributed by atoms with Crippen LogP contribution in [0.5, 0.6) is 5.75 Å². The molecule has 2 rings (SSSR count). The van der Waals surface area contributed by atoms with Gasteiger partial charge in [0.05, 0.1) is 7.11 Å². The lowest BCUT2D eigenvalue weighted by Crippen LogP contribution is -2.28. The maximum Gasteiger partial charge on any atom is 0.267 e. The number of carbonyl (C=O) groups is 1. The van der Waals surface area contributed by atoms with Crippen LogP contribution in [0.15, 0.2) is 36.0 Å². The van der Waals surface area contributed by atoms with E-state index in [0.717, 1.165) is 6.42 Å². The van der Waals surface area contributed by atoms with E-state index in [4.69, 9.17) is 4.74 Å². The second-order valence-electron chi connectivity index (χ2n) is 4.15. The van der Waals surface area contributed by atoms with E-state index in [-0.39, 0.29) is 5.91 Å². The molecule has 0 unspecified atom stereocenters. The fourth-order valence-corrected chi connectivity index (χ4v) is 2.59. The van der Waals surface area contributed by atoms with Crippen molar-refractivity contribution >= 4 is 17.2 Å². The van der Waals surface area contributed by atoms with Crippen LogP contribution in [0.3, 0.4) is 0 Å². The first-order valence-corrected chi connectivity index (χ1v) is 6.86. The smallest absolute Gasteiger partial charge is 0.267 e. The number of rotatable bonds is 5. The van der Waals surface area contributed by atoms with Gasteiger partial charge in [-0.25, -0.2) is 0 Å². The second kappa shape index (κ2) is 6.33. The molecule has 0 saturated carbocycles. The van der Waals surface area contributed by atoms with Crippen LogP contribution in [0.2, 0.25) is 0 Å². The van der Waals surface area contributed by atoms with Gasteiger partial charge in [0.15, 0.2) is 0 Å². The summed E-state index contributed by atoms with van der Waals surface area (Å²) in [6.45, 7) is 0.671. The fourth-order valence-electron chi connectivity index (χ4n) is 1.74. The Bertz CT molecular complexity index is 539. The van der Waals surface area contributed by atoms with Crippen molar-refractivity contribution in [1.82, 2.24) is 9.88 Å². The predicted octanol–water partition coefficient (Wildman–Crippen LogP) is 2.47. The average molecular weight is 276 g/mol. The molecule has 5 heteroatoms. The van der Waals surface area contributed by atoms with E-state index in [9.17, 15) is 4.79 Å². The van der Waals surface area contributed by atoms with Gasteiger partial charge in [0.2, 0.25) is 0 Å². The minimum Gasteiger partial charge on any atom is -0.495 e. The van der Waals surface area contributed by atoms with E-state index >= 15 is 0 Å². The van der Waals surface area contributed by atoms with Crippen molar-refractivity contribution in [3.8, 4) is 5.75 Å². The van der Waals surface area contributed by atoms with Crippen LogP contribution in [0, 0.1) is 0 Å². The summed E-state index contributed by atoms with van der Waals surface area (Å²) in [5, 5.41) is 1.86. The molecular weight excluding hydrogens is 260 g/mol. The maximum atomic E-state index is 12.3. The van der Waals surface area contributed by atoms with Crippen LogP contribution in [0.1, 0.15) is 15.2 Å². The van der Waals surface area contributed by atoms with Gasteiger partial charge in [-0.1, -0.05) is 0 Å². The Labute approximate surface area is 116 Å². The Kier molecular flexibility index (Phi) is 4.52. The normalized spacial score (nSPS) is 10.2. The van der Waals surface area contributed by atoms with Crippen LogP contribution in [0.4, 0.5) is 0 Å². The van der Waals surface area contributed by atoms with Crippen LogP contribution in [-0.4, -0.2) is 36.5 Å².